The first kappa shape index (κ1) is 12.1. The highest BCUT2D eigenvalue weighted by Crippen LogP contribution is 2.35. The molecule has 0 amide bonds. The minimum Gasteiger partial charge on any atom is -0.384 e. The normalized spacial score (nSPS) is 24.2. The fourth-order valence-corrected chi connectivity index (χ4v) is 2.73. The molecule has 2 heteroatoms. The first-order valence-electron chi connectivity index (χ1n) is 6.32. The van der Waals surface area contributed by atoms with Crippen LogP contribution in [0.4, 0.5) is 0 Å². The molecule has 1 aliphatic carbocycles. The largest absolute Gasteiger partial charge is 0.384 e. The van der Waals surface area contributed by atoms with Gasteiger partial charge in [0.15, 0.2) is 0 Å². The van der Waals surface area contributed by atoms with Crippen LogP contribution in [-0.2, 0) is 4.74 Å². The van der Waals surface area contributed by atoms with Crippen LogP contribution in [0, 0.1) is 17.2 Å². The number of benzene rings is 1. The number of ether oxygens (including phenoxy) is 1. The van der Waals surface area contributed by atoms with Crippen LogP contribution in [0.25, 0.3) is 0 Å². The predicted molar refractivity (Wildman–Crippen MR) is 67.7 cm³/mol. The zero-order chi connectivity index (χ0) is 12.1. The summed E-state index contributed by atoms with van der Waals surface area (Å²) >= 11 is 0. The summed E-state index contributed by atoms with van der Waals surface area (Å²) in [5, 5.41) is 8.77. The van der Waals surface area contributed by atoms with Gasteiger partial charge in [0.1, 0.15) is 0 Å². The van der Waals surface area contributed by atoms with Crippen LogP contribution in [0.5, 0.6) is 0 Å². The molecule has 1 aromatic carbocycles. The summed E-state index contributed by atoms with van der Waals surface area (Å²) in [6.07, 6.45) is 5.02. The number of nitrogens with zero attached hydrogens (tertiary/aromatic N) is 1. The molecular weight excluding hydrogens is 210 g/mol. The summed E-state index contributed by atoms with van der Waals surface area (Å²) in [6, 6.07) is 10.2. The second kappa shape index (κ2) is 5.84. The lowest BCUT2D eigenvalue weighted by Gasteiger charge is -2.28. The number of hydrogen-bond donors (Lipinski definition) is 0. The van der Waals surface area contributed by atoms with Gasteiger partial charge < -0.3 is 4.74 Å². The maximum atomic E-state index is 8.77. The van der Waals surface area contributed by atoms with Crippen molar-refractivity contribution in [3.63, 3.8) is 0 Å². The summed E-state index contributed by atoms with van der Waals surface area (Å²) in [5.41, 5.74) is 2.14. The average molecular weight is 229 g/mol. The van der Waals surface area contributed by atoms with E-state index in [-0.39, 0.29) is 0 Å². The van der Waals surface area contributed by atoms with Gasteiger partial charge in [0.25, 0.3) is 0 Å². The van der Waals surface area contributed by atoms with E-state index in [0.29, 0.717) is 5.92 Å². The van der Waals surface area contributed by atoms with Crippen molar-refractivity contribution in [1.29, 1.82) is 5.26 Å². The number of hydrogen-bond acceptors (Lipinski definition) is 2. The van der Waals surface area contributed by atoms with E-state index in [9.17, 15) is 0 Å². The SMILES string of the molecule is COCC1CCC(c2ccc(C#N)cc2)CC1. The molecule has 0 unspecified atom stereocenters. The maximum Gasteiger partial charge on any atom is 0.0991 e. The zero-order valence-electron chi connectivity index (χ0n) is 10.4. The van der Waals surface area contributed by atoms with Crippen molar-refractivity contribution in [1.82, 2.24) is 0 Å². The Balaban J connectivity index is 1.94. The molecular formula is C15H19NO. The van der Waals surface area contributed by atoms with Gasteiger partial charge in [0.2, 0.25) is 0 Å². The monoisotopic (exact) mass is 229 g/mol. The average Bonchev–Trinajstić information content (AvgIpc) is 2.40. The highest BCUT2D eigenvalue weighted by Gasteiger charge is 2.21. The van der Waals surface area contributed by atoms with E-state index in [4.69, 9.17) is 10.00 Å². The van der Waals surface area contributed by atoms with Gasteiger partial charge in [-0.15, -0.1) is 0 Å². The van der Waals surface area contributed by atoms with Crippen molar-refractivity contribution in [3.8, 4) is 6.07 Å². The fraction of sp³-hybridized carbons (Fsp3) is 0.533. The second-order valence-electron chi connectivity index (χ2n) is 4.91. The van der Waals surface area contributed by atoms with Crippen LogP contribution in [0.15, 0.2) is 24.3 Å². The third kappa shape index (κ3) is 3.08. The Kier molecular flexibility index (Phi) is 4.17. The van der Waals surface area contributed by atoms with Gasteiger partial charge in [0, 0.05) is 13.7 Å². The number of rotatable bonds is 3. The lowest BCUT2D eigenvalue weighted by Crippen LogP contribution is -2.17. The van der Waals surface area contributed by atoms with Crippen LogP contribution in [-0.4, -0.2) is 13.7 Å². The minimum atomic E-state index is 0.677. The van der Waals surface area contributed by atoms with Crippen LogP contribution in [0.1, 0.15) is 42.7 Å². The van der Waals surface area contributed by atoms with Crippen molar-refractivity contribution in [2.45, 2.75) is 31.6 Å². The lowest BCUT2D eigenvalue weighted by molar-refractivity contribution is 0.127. The molecule has 0 N–H and O–H groups in total. The van der Waals surface area contributed by atoms with Gasteiger partial charge >= 0.3 is 0 Å². The zero-order valence-corrected chi connectivity index (χ0v) is 10.4. The summed E-state index contributed by atoms with van der Waals surface area (Å²) in [6.45, 7) is 0.903. The Morgan fingerprint density at radius 3 is 2.35 bits per heavy atom. The molecule has 2 rings (SSSR count). The van der Waals surface area contributed by atoms with Crippen molar-refractivity contribution in [2.75, 3.05) is 13.7 Å². The van der Waals surface area contributed by atoms with Crippen LogP contribution < -0.4 is 0 Å². The molecule has 0 saturated heterocycles. The summed E-state index contributed by atoms with van der Waals surface area (Å²) < 4.78 is 5.22. The van der Waals surface area contributed by atoms with Gasteiger partial charge in [-0.3, -0.25) is 0 Å². The Labute approximate surface area is 103 Å². The van der Waals surface area contributed by atoms with E-state index in [1.807, 2.05) is 12.1 Å². The minimum absolute atomic E-state index is 0.677. The van der Waals surface area contributed by atoms with E-state index in [1.54, 1.807) is 7.11 Å². The van der Waals surface area contributed by atoms with Crippen molar-refractivity contribution in [2.24, 2.45) is 5.92 Å². The Morgan fingerprint density at radius 1 is 1.18 bits per heavy atom. The molecule has 1 aromatic rings. The molecule has 0 atom stereocenters. The van der Waals surface area contributed by atoms with Gasteiger partial charge in [-0.1, -0.05) is 12.1 Å². The first-order valence-corrected chi connectivity index (χ1v) is 6.32. The Hall–Kier alpha value is -1.33. The van der Waals surface area contributed by atoms with E-state index < -0.39 is 0 Å². The molecule has 17 heavy (non-hydrogen) atoms. The molecule has 90 valence electrons. The molecule has 1 saturated carbocycles. The second-order valence-corrected chi connectivity index (χ2v) is 4.91. The molecule has 1 aliphatic rings. The molecule has 0 spiro atoms. The van der Waals surface area contributed by atoms with Gasteiger partial charge in [0.05, 0.1) is 11.6 Å². The smallest absolute Gasteiger partial charge is 0.0991 e. The summed E-state index contributed by atoms with van der Waals surface area (Å²) in [5.74, 6) is 1.42. The van der Waals surface area contributed by atoms with Crippen molar-refractivity contribution < 1.29 is 4.74 Å². The number of nitriles is 1. The third-order valence-electron chi connectivity index (χ3n) is 3.76. The van der Waals surface area contributed by atoms with E-state index in [2.05, 4.69) is 18.2 Å². The predicted octanol–water partition coefficient (Wildman–Crippen LogP) is 3.48. The maximum absolute atomic E-state index is 8.77. The van der Waals surface area contributed by atoms with Crippen LogP contribution in [0.3, 0.4) is 0 Å². The number of methoxy groups -OCH3 is 1. The summed E-state index contributed by atoms with van der Waals surface area (Å²) in [4.78, 5) is 0. The summed E-state index contributed by atoms with van der Waals surface area (Å²) in [7, 11) is 1.78. The first-order chi connectivity index (χ1) is 8.33. The van der Waals surface area contributed by atoms with Crippen molar-refractivity contribution in [3.05, 3.63) is 35.4 Å². The van der Waals surface area contributed by atoms with E-state index >= 15 is 0 Å². The lowest BCUT2D eigenvalue weighted by atomic mass is 9.79. The standard InChI is InChI=1S/C15H19NO/c1-17-11-13-4-8-15(9-5-13)14-6-2-12(10-16)3-7-14/h2-3,6-7,13,15H,4-5,8-9,11H2,1H3. The van der Waals surface area contributed by atoms with Crippen molar-refractivity contribution >= 4 is 0 Å². The molecule has 0 aromatic heterocycles. The molecule has 0 bridgehead atoms. The van der Waals surface area contributed by atoms with Gasteiger partial charge in [-0.05, 0) is 55.2 Å². The molecule has 0 radical (unpaired) electrons. The molecule has 2 nitrogen and oxygen atoms in total. The third-order valence-corrected chi connectivity index (χ3v) is 3.76. The topological polar surface area (TPSA) is 33.0 Å². The molecule has 0 heterocycles. The van der Waals surface area contributed by atoms with E-state index in [1.165, 1.54) is 31.2 Å². The van der Waals surface area contributed by atoms with Gasteiger partial charge in [-0.25, -0.2) is 0 Å². The molecule has 1 fully saturated rings. The Morgan fingerprint density at radius 2 is 1.82 bits per heavy atom. The van der Waals surface area contributed by atoms with Crippen LogP contribution in [0.2, 0.25) is 0 Å². The molecule has 0 aliphatic heterocycles. The van der Waals surface area contributed by atoms with Crippen LogP contribution >= 0.6 is 0 Å². The highest BCUT2D eigenvalue weighted by molar-refractivity contribution is 5.33. The highest BCUT2D eigenvalue weighted by atomic mass is 16.5. The quantitative estimate of drug-likeness (QED) is 0.795. The van der Waals surface area contributed by atoms with Gasteiger partial charge in [-0.2, -0.15) is 5.26 Å². The van der Waals surface area contributed by atoms with E-state index in [0.717, 1.165) is 18.1 Å². The Bertz CT molecular complexity index is 382. The fourth-order valence-electron chi connectivity index (χ4n) is 2.73.